The molecule has 4 nitrogen and oxygen atoms in total. The molecule has 0 aliphatic heterocycles. The summed E-state index contributed by atoms with van der Waals surface area (Å²) in [5.41, 5.74) is 2.89. The van der Waals surface area contributed by atoms with E-state index in [-0.39, 0.29) is 18.6 Å². The summed E-state index contributed by atoms with van der Waals surface area (Å²) in [7, 11) is 0. The van der Waals surface area contributed by atoms with Crippen LogP contribution in [0.15, 0.2) is 89.8 Å². The van der Waals surface area contributed by atoms with E-state index in [1.807, 2.05) is 84.9 Å². The van der Waals surface area contributed by atoms with Crippen LogP contribution in [0.5, 0.6) is 0 Å². The smallest absolute Gasteiger partial charge is 0.221 e. The maximum absolute atomic E-state index is 11.1. The molecule has 150 valence electrons. The van der Waals surface area contributed by atoms with Crippen LogP contribution in [0.1, 0.15) is 24.2 Å². The predicted molar refractivity (Wildman–Crippen MR) is 118 cm³/mol. The molecule has 3 rings (SSSR count). The molecule has 1 amide bonds. The van der Waals surface area contributed by atoms with Crippen LogP contribution in [-0.2, 0) is 9.53 Å². The van der Waals surface area contributed by atoms with Gasteiger partial charge in [0.1, 0.15) is 6.10 Å². The molecule has 0 bridgehead atoms. The summed E-state index contributed by atoms with van der Waals surface area (Å²) >= 11 is 1.56. The Labute approximate surface area is 175 Å². The third-order valence-corrected chi connectivity index (χ3v) is 5.43. The Bertz CT molecular complexity index is 846. The maximum Gasteiger partial charge on any atom is 0.221 e. The van der Waals surface area contributed by atoms with Crippen LogP contribution in [0.4, 0.5) is 5.69 Å². The van der Waals surface area contributed by atoms with Gasteiger partial charge >= 0.3 is 0 Å². The number of carbonyl (C=O) groups excluding carboxylic acids is 1. The zero-order valence-corrected chi connectivity index (χ0v) is 17.1. The standard InChI is InChI=1S/C24H25NO3S/c1-18(26)25-21-12-14-23(15-13-21)29-17-22(27)16-28-24(19-8-4-2-5-9-19)20-10-6-3-7-11-20/h2-15,22,24,27H,16-17H2,1H3,(H,25,26)/t22-/m0/s1. The topological polar surface area (TPSA) is 58.6 Å². The van der Waals surface area contributed by atoms with Crippen molar-refractivity contribution < 1.29 is 14.6 Å². The fraction of sp³-hybridized carbons (Fsp3) is 0.208. The van der Waals surface area contributed by atoms with Crippen molar-refractivity contribution in [1.29, 1.82) is 0 Å². The van der Waals surface area contributed by atoms with Gasteiger partial charge in [-0.15, -0.1) is 11.8 Å². The van der Waals surface area contributed by atoms with Gasteiger partial charge in [0.25, 0.3) is 0 Å². The summed E-state index contributed by atoms with van der Waals surface area (Å²) in [6.45, 7) is 1.72. The van der Waals surface area contributed by atoms with Crippen LogP contribution in [0.3, 0.4) is 0 Å². The second kappa shape index (κ2) is 10.8. The summed E-state index contributed by atoms with van der Waals surface area (Å²) in [5, 5.41) is 13.2. The number of benzene rings is 3. The van der Waals surface area contributed by atoms with Crippen molar-refractivity contribution in [3.05, 3.63) is 96.1 Å². The molecule has 3 aromatic rings. The molecule has 0 spiro atoms. The highest BCUT2D eigenvalue weighted by Crippen LogP contribution is 2.27. The molecular formula is C24H25NO3S. The Hall–Kier alpha value is -2.60. The van der Waals surface area contributed by atoms with Crippen LogP contribution >= 0.6 is 11.8 Å². The van der Waals surface area contributed by atoms with Crippen molar-refractivity contribution in [1.82, 2.24) is 0 Å². The SMILES string of the molecule is CC(=O)Nc1ccc(SC[C@@H](O)COC(c2ccccc2)c2ccccc2)cc1. The number of rotatable bonds is 9. The number of aliphatic hydroxyl groups is 1. The highest BCUT2D eigenvalue weighted by atomic mass is 32.2. The zero-order valence-electron chi connectivity index (χ0n) is 16.3. The molecule has 2 N–H and O–H groups in total. The number of hydrogen-bond donors (Lipinski definition) is 2. The monoisotopic (exact) mass is 407 g/mol. The summed E-state index contributed by atoms with van der Waals surface area (Å²) in [4.78, 5) is 12.1. The molecule has 0 radical (unpaired) electrons. The van der Waals surface area contributed by atoms with E-state index >= 15 is 0 Å². The lowest BCUT2D eigenvalue weighted by atomic mass is 10.0. The summed E-state index contributed by atoms with van der Waals surface area (Å²) < 4.78 is 6.12. The highest BCUT2D eigenvalue weighted by molar-refractivity contribution is 7.99. The molecule has 0 aromatic heterocycles. The van der Waals surface area contributed by atoms with E-state index in [1.165, 1.54) is 6.92 Å². The van der Waals surface area contributed by atoms with Crippen molar-refractivity contribution in [3.63, 3.8) is 0 Å². The quantitative estimate of drug-likeness (QED) is 0.495. The molecular weight excluding hydrogens is 382 g/mol. The Morgan fingerprint density at radius 2 is 1.48 bits per heavy atom. The van der Waals surface area contributed by atoms with Gasteiger partial charge in [-0.25, -0.2) is 0 Å². The molecule has 29 heavy (non-hydrogen) atoms. The second-order valence-corrected chi connectivity index (χ2v) is 7.80. The molecule has 0 unspecified atom stereocenters. The molecule has 0 aliphatic carbocycles. The Balaban J connectivity index is 1.55. The van der Waals surface area contributed by atoms with Crippen LogP contribution in [0.2, 0.25) is 0 Å². The Kier molecular flexibility index (Phi) is 7.87. The van der Waals surface area contributed by atoms with E-state index < -0.39 is 6.10 Å². The first kappa shape index (κ1) is 21.1. The van der Waals surface area contributed by atoms with Crippen molar-refractivity contribution >= 4 is 23.4 Å². The van der Waals surface area contributed by atoms with E-state index in [1.54, 1.807) is 11.8 Å². The van der Waals surface area contributed by atoms with E-state index in [9.17, 15) is 9.90 Å². The Morgan fingerprint density at radius 1 is 0.931 bits per heavy atom. The minimum Gasteiger partial charge on any atom is -0.390 e. The Morgan fingerprint density at radius 3 is 2.00 bits per heavy atom. The van der Waals surface area contributed by atoms with Gasteiger partial charge in [0.05, 0.1) is 12.7 Å². The van der Waals surface area contributed by atoms with Crippen LogP contribution < -0.4 is 5.32 Å². The highest BCUT2D eigenvalue weighted by Gasteiger charge is 2.16. The number of hydrogen-bond acceptors (Lipinski definition) is 4. The van der Waals surface area contributed by atoms with Crippen molar-refractivity contribution in [2.75, 3.05) is 17.7 Å². The van der Waals surface area contributed by atoms with Crippen molar-refractivity contribution in [2.45, 2.75) is 24.0 Å². The van der Waals surface area contributed by atoms with E-state index in [0.29, 0.717) is 5.75 Å². The van der Waals surface area contributed by atoms with Crippen LogP contribution in [-0.4, -0.2) is 29.5 Å². The molecule has 5 heteroatoms. The fourth-order valence-electron chi connectivity index (χ4n) is 2.93. The van der Waals surface area contributed by atoms with Gasteiger partial charge < -0.3 is 15.2 Å². The lowest BCUT2D eigenvalue weighted by Crippen LogP contribution is -2.20. The molecule has 0 heterocycles. The number of ether oxygens (including phenoxy) is 1. The first-order valence-electron chi connectivity index (χ1n) is 9.52. The second-order valence-electron chi connectivity index (χ2n) is 6.71. The van der Waals surface area contributed by atoms with Gasteiger partial charge in [-0.2, -0.15) is 0 Å². The number of amides is 1. The summed E-state index contributed by atoms with van der Waals surface area (Å²) in [6, 6.07) is 27.6. The summed E-state index contributed by atoms with van der Waals surface area (Å²) in [6.07, 6.45) is -0.807. The number of carbonyl (C=O) groups is 1. The number of anilines is 1. The first-order chi connectivity index (χ1) is 14.1. The molecule has 1 atom stereocenters. The normalized spacial score (nSPS) is 12.0. The lowest BCUT2D eigenvalue weighted by Gasteiger charge is -2.21. The van der Waals surface area contributed by atoms with Crippen LogP contribution in [0, 0.1) is 0 Å². The van der Waals surface area contributed by atoms with Crippen LogP contribution in [0.25, 0.3) is 0 Å². The van der Waals surface area contributed by atoms with E-state index in [2.05, 4.69) is 5.32 Å². The first-order valence-corrected chi connectivity index (χ1v) is 10.5. The average Bonchev–Trinajstić information content (AvgIpc) is 2.74. The van der Waals surface area contributed by atoms with Crippen molar-refractivity contribution in [2.24, 2.45) is 0 Å². The lowest BCUT2D eigenvalue weighted by molar-refractivity contribution is -0.114. The van der Waals surface area contributed by atoms with Gasteiger partial charge in [-0.1, -0.05) is 60.7 Å². The van der Waals surface area contributed by atoms with Gasteiger partial charge in [-0.3, -0.25) is 4.79 Å². The van der Waals surface area contributed by atoms with Gasteiger partial charge in [0.2, 0.25) is 5.91 Å². The number of aliphatic hydroxyl groups excluding tert-OH is 1. The minimum absolute atomic E-state index is 0.0932. The van der Waals surface area contributed by atoms with E-state index in [0.717, 1.165) is 21.7 Å². The molecule has 0 aliphatic rings. The maximum atomic E-state index is 11.1. The van der Waals surface area contributed by atoms with Crippen molar-refractivity contribution in [3.8, 4) is 0 Å². The minimum atomic E-state index is -0.593. The fourth-order valence-corrected chi connectivity index (χ4v) is 3.74. The number of nitrogens with one attached hydrogen (secondary N) is 1. The zero-order chi connectivity index (χ0) is 20.5. The summed E-state index contributed by atoms with van der Waals surface area (Å²) in [5.74, 6) is 0.430. The van der Waals surface area contributed by atoms with E-state index in [4.69, 9.17) is 4.74 Å². The molecule has 3 aromatic carbocycles. The molecule has 0 saturated carbocycles. The predicted octanol–water partition coefficient (Wildman–Crippen LogP) is 4.90. The van der Waals surface area contributed by atoms with Gasteiger partial charge in [0.15, 0.2) is 0 Å². The van der Waals surface area contributed by atoms with Gasteiger partial charge in [0, 0.05) is 23.3 Å². The molecule has 0 fully saturated rings. The molecule has 0 saturated heterocycles. The number of thioether (sulfide) groups is 1. The third kappa shape index (κ3) is 6.75. The average molecular weight is 408 g/mol. The van der Waals surface area contributed by atoms with Gasteiger partial charge in [-0.05, 0) is 35.4 Å². The largest absolute Gasteiger partial charge is 0.390 e. The third-order valence-electron chi connectivity index (χ3n) is 4.28.